The lowest BCUT2D eigenvalue weighted by Crippen LogP contribution is -2.46. The molecule has 2 aromatic heterocycles. The van der Waals surface area contributed by atoms with Crippen LogP contribution in [0.25, 0.3) is 0 Å². The summed E-state index contributed by atoms with van der Waals surface area (Å²) < 4.78 is 0. The molecule has 1 aromatic carbocycles. The first kappa shape index (κ1) is 23.6. The largest absolute Gasteiger partial charge is 0.354 e. The number of nitrogens with one attached hydrogen (secondary N) is 3. The van der Waals surface area contributed by atoms with Gasteiger partial charge in [0.25, 0.3) is 0 Å². The number of likely N-dealkylation sites (N-methyl/N-ethyl adjacent to an activating group) is 1. The molecule has 1 saturated carbocycles. The summed E-state index contributed by atoms with van der Waals surface area (Å²) in [6.07, 6.45) is 2.89. The van der Waals surface area contributed by atoms with Crippen LogP contribution in [0.5, 0.6) is 0 Å². The molecule has 184 valence electrons. The van der Waals surface area contributed by atoms with E-state index in [1.165, 1.54) is 24.6 Å². The number of anilines is 4. The molecule has 2 fully saturated rings. The molecular formula is C25H32N8OS. The second kappa shape index (κ2) is 10.7. The molecule has 0 unspecified atom stereocenters. The van der Waals surface area contributed by atoms with Crippen molar-refractivity contribution in [2.75, 3.05) is 48.3 Å². The van der Waals surface area contributed by atoms with Crippen LogP contribution in [0.1, 0.15) is 44.7 Å². The van der Waals surface area contributed by atoms with Crippen LogP contribution < -0.4 is 15.5 Å². The van der Waals surface area contributed by atoms with E-state index in [9.17, 15) is 4.79 Å². The SMILES string of the molecule is CCC(=O)Nc1ccc(Sc2nc(Nc3cc(C4CC4)n[nH]3)cc(N3CCN(CC)CC3)n2)cc1. The highest BCUT2D eigenvalue weighted by molar-refractivity contribution is 7.99. The molecular weight excluding hydrogens is 460 g/mol. The maximum Gasteiger partial charge on any atom is 0.224 e. The maximum absolute atomic E-state index is 11.7. The molecule has 3 N–H and O–H groups in total. The molecule has 10 heteroatoms. The third-order valence-electron chi connectivity index (χ3n) is 6.36. The van der Waals surface area contributed by atoms with Crippen molar-refractivity contribution in [3.63, 3.8) is 0 Å². The van der Waals surface area contributed by atoms with E-state index in [1.54, 1.807) is 0 Å². The molecule has 0 spiro atoms. The summed E-state index contributed by atoms with van der Waals surface area (Å²) in [6.45, 7) is 9.06. The Bertz CT molecular complexity index is 1150. The van der Waals surface area contributed by atoms with Crippen molar-refractivity contribution in [1.29, 1.82) is 0 Å². The Morgan fingerprint density at radius 2 is 1.86 bits per heavy atom. The Balaban J connectivity index is 1.36. The molecule has 35 heavy (non-hydrogen) atoms. The first-order chi connectivity index (χ1) is 17.1. The fraction of sp³-hybridized carbons (Fsp3) is 0.440. The summed E-state index contributed by atoms with van der Waals surface area (Å²) >= 11 is 1.51. The summed E-state index contributed by atoms with van der Waals surface area (Å²) in [4.78, 5) is 27.1. The van der Waals surface area contributed by atoms with Gasteiger partial charge in [-0.05, 0) is 55.4 Å². The number of amides is 1. The van der Waals surface area contributed by atoms with E-state index >= 15 is 0 Å². The van der Waals surface area contributed by atoms with Gasteiger partial charge in [0.15, 0.2) is 5.16 Å². The predicted molar refractivity (Wildman–Crippen MR) is 140 cm³/mol. The number of rotatable bonds is 9. The standard InChI is InChI=1S/C25H32N8OS/c1-3-24(34)26-18-7-9-19(10-8-18)35-25-28-21(27-22-15-20(30-31-22)17-5-6-17)16-23(29-25)33-13-11-32(4-2)12-14-33/h7-10,15-17H,3-6,11-14H2,1-2H3,(H,26,34)(H2,27,28,29,30,31). The zero-order valence-electron chi connectivity index (χ0n) is 20.3. The highest BCUT2D eigenvalue weighted by Crippen LogP contribution is 2.39. The van der Waals surface area contributed by atoms with Crippen LogP contribution in [0.3, 0.4) is 0 Å². The van der Waals surface area contributed by atoms with Gasteiger partial charge in [-0.15, -0.1) is 0 Å². The van der Waals surface area contributed by atoms with Crippen molar-refractivity contribution in [3.05, 3.63) is 42.1 Å². The van der Waals surface area contributed by atoms with Gasteiger partial charge in [0, 0.05) is 61.2 Å². The zero-order chi connectivity index (χ0) is 24.2. The van der Waals surface area contributed by atoms with E-state index in [0.29, 0.717) is 17.5 Å². The van der Waals surface area contributed by atoms with E-state index in [0.717, 1.165) is 66.5 Å². The second-order valence-corrected chi connectivity index (χ2v) is 9.99. The topological polar surface area (TPSA) is 102 Å². The zero-order valence-corrected chi connectivity index (χ0v) is 21.1. The summed E-state index contributed by atoms with van der Waals surface area (Å²) in [5, 5.41) is 14.5. The second-order valence-electron chi connectivity index (χ2n) is 8.95. The summed E-state index contributed by atoms with van der Waals surface area (Å²) in [7, 11) is 0. The van der Waals surface area contributed by atoms with Crippen molar-refractivity contribution in [3.8, 4) is 0 Å². The fourth-order valence-electron chi connectivity index (χ4n) is 4.07. The number of aromatic nitrogens is 4. The van der Waals surface area contributed by atoms with Crippen molar-refractivity contribution in [1.82, 2.24) is 25.1 Å². The average molecular weight is 493 g/mol. The summed E-state index contributed by atoms with van der Waals surface area (Å²) in [6, 6.07) is 11.9. The smallest absolute Gasteiger partial charge is 0.224 e. The lowest BCUT2D eigenvalue weighted by atomic mass is 10.3. The van der Waals surface area contributed by atoms with E-state index in [1.807, 2.05) is 37.3 Å². The molecule has 3 aromatic rings. The minimum absolute atomic E-state index is 0.00368. The normalized spacial score (nSPS) is 16.3. The Morgan fingerprint density at radius 1 is 1.09 bits per heavy atom. The Kier molecular flexibility index (Phi) is 7.19. The van der Waals surface area contributed by atoms with Crippen LogP contribution >= 0.6 is 11.8 Å². The number of hydrogen-bond donors (Lipinski definition) is 3. The van der Waals surface area contributed by atoms with Crippen LogP contribution in [-0.2, 0) is 4.79 Å². The highest BCUT2D eigenvalue weighted by atomic mass is 32.2. The van der Waals surface area contributed by atoms with Gasteiger partial charge in [-0.3, -0.25) is 9.89 Å². The minimum Gasteiger partial charge on any atom is -0.354 e. The monoisotopic (exact) mass is 492 g/mol. The predicted octanol–water partition coefficient (Wildman–Crippen LogP) is 4.46. The molecule has 9 nitrogen and oxygen atoms in total. The molecule has 1 amide bonds. The maximum atomic E-state index is 11.7. The number of H-pyrrole nitrogens is 1. The van der Waals surface area contributed by atoms with Gasteiger partial charge in [-0.25, -0.2) is 9.97 Å². The van der Waals surface area contributed by atoms with Crippen LogP contribution in [0, 0.1) is 0 Å². The van der Waals surface area contributed by atoms with Gasteiger partial charge in [0.05, 0.1) is 5.69 Å². The van der Waals surface area contributed by atoms with Gasteiger partial charge in [0.1, 0.15) is 17.5 Å². The van der Waals surface area contributed by atoms with Crippen LogP contribution in [-0.4, -0.2) is 63.7 Å². The molecule has 0 bridgehead atoms. The Hall–Kier alpha value is -3.11. The van der Waals surface area contributed by atoms with Gasteiger partial charge < -0.3 is 20.4 Å². The molecule has 5 rings (SSSR count). The van der Waals surface area contributed by atoms with E-state index in [-0.39, 0.29) is 5.91 Å². The first-order valence-corrected chi connectivity index (χ1v) is 13.2. The third kappa shape index (κ3) is 6.12. The summed E-state index contributed by atoms with van der Waals surface area (Å²) in [5.41, 5.74) is 1.90. The van der Waals surface area contributed by atoms with Crippen LogP contribution in [0.15, 0.2) is 46.5 Å². The fourth-order valence-corrected chi connectivity index (χ4v) is 4.83. The number of carbonyl (C=O) groups is 1. The average Bonchev–Trinajstić information content (AvgIpc) is 3.64. The molecule has 3 heterocycles. The quantitative estimate of drug-likeness (QED) is 0.376. The number of benzene rings is 1. The third-order valence-corrected chi connectivity index (χ3v) is 7.23. The van der Waals surface area contributed by atoms with Gasteiger partial charge in [-0.1, -0.05) is 13.8 Å². The van der Waals surface area contributed by atoms with E-state index in [2.05, 4.69) is 43.6 Å². The number of piperazine rings is 1. The van der Waals surface area contributed by atoms with Crippen LogP contribution in [0.4, 0.5) is 23.1 Å². The van der Waals surface area contributed by atoms with Crippen molar-refractivity contribution >= 4 is 40.8 Å². The lowest BCUT2D eigenvalue weighted by Gasteiger charge is -2.34. The first-order valence-electron chi connectivity index (χ1n) is 12.4. The van der Waals surface area contributed by atoms with Crippen LogP contribution in [0.2, 0.25) is 0 Å². The molecule has 1 aliphatic heterocycles. The number of aromatic amines is 1. The van der Waals surface area contributed by atoms with Gasteiger partial charge in [-0.2, -0.15) is 5.10 Å². The number of carbonyl (C=O) groups excluding carboxylic acids is 1. The van der Waals surface area contributed by atoms with Crippen molar-refractivity contribution < 1.29 is 4.79 Å². The molecule has 1 aliphatic carbocycles. The lowest BCUT2D eigenvalue weighted by molar-refractivity contribution is -0.115. The molecule has 1 saturated heterocycles. The van der Waals surface area contributed by atoms with Crippen molar-refractivity contribution in [2.45, 2.75) is 49.1 Å². The molecule has 0 radical (unpaired) electrons. The van der Waals surface area contributed by atoms with Gasteiger partial charge in [0.2, 0.25) is 5.91 Å². The number of nitrogens with zero attached hydrogens (tertiary/aromatic N) is 5. The van der Waals surface area contributed by atoms with Crippen molar-refractivity contribution in [2.24, 2.45) is 0 Å². The Labute approximate surface area is 210 Å². The summed E-state index contributed by atoms with van der Waals surface area (Å²) in [5.74, 6) is 3.11. The number of hydrogen-bond acceptors (Lipinski definition) is 8. The minimum atomic E-state index is 0.00368. The molecule has 0 atom stereocenters. The Morgan fingerprint density at radius 3 is 2.54 bits per heavy atom. The molecule has 2 aliphatic rings. The van der Waals surface area contributed by atoms with Gasteiger partial charge >= 0.3 is 0 Å². The van der Waals surface area contributed by atoms with E-state index < -0.39 is 0 Å². The van der Waals surface area contributed by atoms with E-state index in [4.69, 9.17) is 9.97 Å². The highest BCUT2D eigenvalue weighted by Gasteiger charge is 2.26.